The van der Waals surface area contributed by atoms with Crippen molar-refractivity contribution in [2.24, 2.45) is 0 Å². The monoisotopic (exact) mass is 488 g/mol. The number of piperazine rings is 1. The molecule has 0 bridgehead atoms. The summed E-state index contributed by atoms with van der Waals surface area (Å²) in [6.07, 6.45) is 2.84. The summed E-state index contributed by atoms with van der Waals surface area (Å²) in [7, 11) is 3.96. The molecule has 0 aliphatic carbocycles. The number of hydrogen-bond acceptors (Lipinski definition) is 7. The lowest BCUT2D eigenvalue weighted by Gasteiger charge is -2.37. The van der Waals surface area contributed by atoms with Crippen LogP contribution in [0.3, 0.4) is 0 Å². The van der Waals surface area contributed by atoms with Gasteiger partial charge < -0.3 is 30.3 Å². The Morgan fingerprint density at radius 2 is 1.83 bits per heavy atom. The zero-order valence-electron chi connectivity index (χ0n) is 21.7. The molecule has 3 N–H and O–H groups in total. The minimum Gasteiger partial charge on any atom is -0.368 e. The van der Waals surface area contributed by atoms with Crippen molar-refractivity contribution in [1.29, 1.82) is 0 Å². The third-order valence-electron chi connectivity index (χ3n) is 7.50. The van der Waals surface area contributed by atoms with E-state index in [4.69, 9.17) is 5.73 Å². The number of carbonyl (C=O) groups excluding carboxylic acids is 1. The first-order valence-electron chi connectivity index (χ1n) is 12.7. The van der Waals surface area contributed by atoms with E-state index in [1.165, 1.54) is 11.1 Å². The van der Waals surface area contributed by atoms with Gasteiger partial charge in [0.15, 0.2) is 0 Å². The number of nitrogen functional groups attached to an aromatic ring is 1. The minimum absolute atomic E-state index is 0.000727. The van der Waals surface area contributed by atoms with E-state index >= 15 is 0 Å². The Hall–Kier alpha value is -3.59. The Balaban J connectivity index is 1.40. The lowest BCUT2D eigenvalue weighted by atomic mass is 9.92. The molecule has 36 heavy (non-hydrogen) atoms. The highest BCUT2D eigenvalue weighted by atomic mass is 16.2. The predicted molar refractivity (Wildman–Crippen MR) is 144 cm³/mol. The zero-order valence-corrected chi connectivity index (χ0v) is 21.7. The van der Waals surface area contributed by atoms with Gasteiger partial charge in [0.05, 0.1) is 0 Å². The van der Waals surface area contributed by atoms with Crippen LogP contribution < -0.4 is 15.5 Å². The van der Waals surface area contributed by atoms with Gasteiger partial charge in [-0.1, -0.05) is 12.1 Å². The quantitative estimate of drug-likeness (QED) is 0.570. The van der Waals surface area contributed by atoms with Gasteiger partial charge in [-0.25, -0.2) is 0 Å². The number of fused-ring (bicyclic) bond motifs is 1. The molecule has 0 radical (unpaired) electrons. The standard InChI is InChI=1S/C27H36N8O/c1-5-33(4)26(36)23-14-21(16-29-23)20-7-6-19-12-18(2)35(17-22(19)13-20)25-15-24(30-27(28)31-25)34-10-8-32(3)9-11-34/h6-7,13-16,18,29H,5,8-12,17H2,1-4H3,(H2,28,30,31). The second-order valence-electron chi connectivity index (χ2n) is 10.0. The molecule has 0 saturated carbocycles. The zero-order chi connectivity index (χ0) is 25.4. The van der Waals surface area contributed by atoms with Crippen molar-refractivity contribution in [3.05, 3.63) is 53.3 Å². The van der Waals surface area contributed by atoms with Gasteiger partial charge in [-0.3, -0.25) is 4.79 Å². The number of aromatic nitrogens is 3. The van der Waals surface area contributed by atoms with E-state index < -0.39 is 0 Å². The van der Waals surface area contributed by atoms with Crippen molar-refractivity contribution in [2.75, 3.05) is 62.4 Å². The van der Waals surface area contributed by atoms with Crippen LogP contribution >= 0.6 is 0 Å². The number of anilines is 3. The van der Waals surface area contributed by atoms with Crippen LogP contribution in [0.15, 0.2) is 36.5 Å². The number of nitrogens with one attached hydrogen (secondary N) is 1. The largest absolute Gasteiger partial charge is 0.368 e. The van der Waals surface area contributed by atoms with Crippen LogP contribution in [-0.2, 0) is 13.0 Å². The number of aromatic amines is 1. The average Bonchev–Trinajstić information content (AvgIpc) is 3.37. The van der Waals surface area contributed by atoms with Crippen LogP contribution in [0.1, 0.15) is 35.5 Å². The minimum atomic E-state index is -0.000727. The van der Waals surface area contributed by atoms with Crippen LogP contribution in [0.2, 0.25) is 0 Å². The normalized spacial score (nSPS) is 18.3. The van der Waals surface area contributed by atoms with E-state index in [0.29, 0.717) is 24.2 Å². The highest BCUT2D eigenvalue weighted by Gasteiger charge is 2.26. The molecule has 2 aliphatic heterocycles. The number of likely N-dealkylation sites (N-methyl/N-ethyl adjacent to an activating group) is 1. The van der Waals surface area contributed by atoms with Gasteiger partial charge in [-0.15, -0.1) is 0 Å². The Morgan fingerprint density at radius 3 is 2.58 bits per heavy atom. The fraction of sp³-hybridized carbons (Fsp3) is 0.444. The first-order valence-corrected chi connectivity index (χ1v) is 12.7. The molecule has 1 atom stereocenters. The summed E-state index contributed by atoms with van der Waals surface area (Å²) in [5.41, 5.74) is 11.5. The second kappa shape index (κ2) is 9.81. The van der Waals surface area contributed by atoms with Gasteiger partial charge in [-0.05, 0) is 61.7 Å². The fourth-order valence-electron chi connectivity index (χ4n) is 5.04. The number of nitrogens with two attached hydrogens (primary N) is 1. The Bertz CT molecular complexity index is 1250. The van der Waals surface area contributed by atoms with Crippen molar-refractivity contribution < 1.29 is 4.79 Å². The van der Waals surface area contributed by atoms with Crippen molar-refractivity contribution in [3.8, 4) is 11.1 Å². The van der Waals surface area contributed by atoms with E-state index in [1.54, 1.807) is 4.90 Å². The molecule has 5 rings (SSSR count). The third kappa shape index (κ3) is 4.75. The number of rotatable bonds is 5. The van der Waals surface area contributed by atoms with E-state index in [-0.39, 0.29) is 5.91 Å². The molecule has 2 aromatic heterocycles. The summed E-state index contributed by atoms with van der Waals surface area (Å²) in [6.45, 7) is 9.51. The van der Waals surface area contributed by atoms with Crippen molar-refractivity contribution in [2.45, 2.75) is 32.9 Å². The summed E-state index contributed by atoms with van der Waals surface area (Å²) >= 11 is 0. The van der Waals surface area contributed by atoms with Crippen molar-refractivity contribution in [1.82, 2.24) is 24.8 Å². The van der Waals surface area contributed by atoms with Gasteiger partial charge in [0.25, 0.3) is 5.91 Å². The van der Waals surface area contributed by atoms with Crippen LogP contribution in [-0.4, -0.2) is 83.5 Å². The number of amides is 1. The van der Waals surface area contributed by atoms with E-state index in [0.717, 1.165) is 61.9 Å². The molecule has 1 aromatic carbocycles. The summed E-state index contributed by atoms with van der Waals surface area (Å²) in [5.74, 6) is 2.09. The molecule has 0 spiro atoms. The maximum atomic E-state index is 12.5. The Kier molecular flexibility index (Phi) is 6.57. The number of nitrogens with zero attached hydrogens (tertiary/aromatic N) is 6. The van der Waals surface area contributed by atoms with Crippen molar-refractivity contribution >= 4 is 23.5 Å². The molecular formula is C27H36N8O. The van der Waals surface area contributed by atoms with Crippen LogP contribution in [0.25, 0.3) is 11.1 Å². The maximum absolute atomic E-state index is 12.5. The molecule has 1 amide bonds. The SMILES string of the molecule is CCN(C)C(=O)c1cc(-c2ccc3c(c2)CN(c2cc(N4CCN(C)CC4)nc(N)n2)C(C)C3)c[nH]1. The van der Waals surface area contributed by atoms with Gasteiger partial charge in [0, 0.05) is 64.6 Å². The molecule has 1 fully saturated rings. The molecule has 3 aromatic rings. The molecule has 1 saturated heterocycles. The van der Waals surface area contributed by atoms with E-state index in [1.807, 2.05) is 26.2 Å². The van der Waals surface area contributed by atoms with E-state index in [2.05, 4.69) is 67.9 Å². The summed E-state index contributed by atoms with van der Waals surface area (Å²) in [6, 6.07) is 10.9. The van der Waals surface area contributed by atoms with Crippen molar-refractivity contribution in [3.63, 3.8) is 0 Å². The number of H-pyrrole nitrogens is 1. The highest BCUT2D eigenvalue weighted by molar-refractivity contribution is 5.93. The predicted octanol–water partition coefficient (Wildman–Crippen LogP) is 2.85. The molecule has 1 unspecified atom stereocenters. The fourth-order valence-corrected chi connectivity index (χ4v) is 5.04. The Labute approximate surface area is 212 Å². The number of hydrogen-bond donors (Lipinski definition) is 2. The third-order valence-corrected chi connectivity index (χ3v) is 7.50. The molecule has 190 valence electrons. The number of benzene rings is 1. The van der Waals surface area contributed by atoms with Gasteiger partial charge >= 0.3 is 0 Å². The van der Waals surface area contributed by atoms with Gasteiger partial charge in [-0.2, -0.15) is 9.97 Å². The first-order chi connectivity index (χ1) is 17.3. The smallest absolute Gasteiger partial charge is 0.270 e. The van der Waals surface area contributed by atoms with Crippen LogP contribution in [0, 0.1) is 0 Å². The molecule has 9 nitrogen and oxygen atoms in total. The second-order valence-corrected chi connectivity index (χ2v) is 10.0. The van der Waals surface area contributed by atoms with E-state index in [9.17, 15) is 4.79 Å². The highest BCUT2D eigenvalue weighted by Crippen LogP contribution is 2.32. The van der Waals surface area contributed by atoms with Gasteiger partial charge in [0.2, 0.25) is 5.95 Å². The van der Waals surface area contributed by atoms with Crippen LogP contribution in [0.4, 0.5) is 17.6 Å². The van der Waals surface area contributed by atoms with Crippen LogP contribution in [0.5, 0.6) is 0 Å². The van der Waals surface area contributed by atoms with Gasteiger partial charge in [0.1, 0.15) is 17.3 Å². The summed E-state index contributed by atoms with van der Waals surface area (Å²) in [4.78, 5) is 33.5. The average molecular weight is 489 g/mol. The lowest BCUT2D eigenvalue weighted by molar-refractivity contribution is 0.0797. The maximum Gasteiger partial charge on any atom is 0.270 e. The first kappa shape index (κ1) is 24.1. The molecule has 2 aliphatic rings. The lowest BCUT2D eigenvalue weighted by Crippen LogP contribution is -2.45. The molecule has 9 heteroatoms. The Morgan fingerprint density at radius 1 is 1.08 bits per heavy atom. The number of carbonyl (C=O) groups is 1. The summed E-state index contributed by atoms with van der Waals surface area (Å²) < 4.78 is 0. The molecular weight excluding hydrogens is 452 g/mol. The molecule has 4 heterocycles. The summed E-state index contributed by atoms with van der Waals surface area (Å²) in [5, 5.41) is 0. The topological polar surface area (TPSA) is 97.6 Å².